The van der Waals surface area contributed by atoms with Gasteiger partial charge in [0.15, 0.2) is 5.65 Å². The SMILES string of the molecule is O=C(Cn1nc2c(-c3nc(-c4cccc(F)c4)no3)cccn2c1=O)Nc1ccccc1F. The van der Waals surface area contributed by atoms with Gasteiger partial charge in [0.1, 0.15) is 18.2 Å². The van der Waals surface area contributed by atoms with E-state index in [-0.39, 0.29) is 23.0 Å². The molecule has 0 fully saturated rings. The fraction of sp³-hybridized carbons (Fsp3) is 0.0455. The van der Waals surface area contributed by atoms with E-state index in [1.54, 1.807) is 24.3 Å². The van der Waals surface area contributed by atoms with Crippen molar-refractivity contribution in [2.45, 2.75) is 6.54 Å². The summed E-state index contributed by atoms with van der Waals surface area (Å²) >= 11 is 0. The fourth-order valence-electron chi connectivity index (χ4n) is 3.27. The number of carbonyl (C=O) groups excluding carboxylic acids is 1. The van der Waals surface area contributed by atoms with Crippen molar-refractivity contribution < 1.29 is 18.1 Å². The lowest BCUT2D eigenvalue weighted by Crippen LogP contribution is -2.28. The second-order valence-electron chi connectivity index (χ2n) is 7.02. The van der Waals surface area contributed by atoms with Crippen molar-refractivity contribution in [3.8, 4) is 22.8 Å². The number of halogens is 2. The minimum absolute atomic E-state index is 0.00394. The molecule has 0 radical (unpaired) electrons. The molecule has 0 unspecified atom stereocenters. The molecule has 3 aromatic heterocycles. The van der Waals surface area contributed by atoms with E-state index in [0.29, 0.717) is 11.1 Å². The van der Waals surface area contributed by atoms with Crippen molar-refractivity contribution >= 4 is 17.2 Å². The van der Waals surface area contributed by atoms with Gasteiger partial charge in [-0.05, 0) is 36.4 Å². The number of para-hydroxylation sites is 1. The smallest absolute Gasteiger partial charge is 0.333 e. The summed E-state index contributed by atoms with van der Waals surface area (Å²) in [5, 5.41) is 10.5. The lowest BCUT2D eigenvalue weighted by Gasteiger charge is -2.05. The zero-order chi connectivity index (χ0) is 22.9. The van der Waals surface area contributed by atoms with Crippen molar-refractivity contribution in [3.63, 3.8) is 0 Å². The molecule has 164 valence electrons. The van der Waals surface area contributed by atoms with Gasteiger partial charge < -0.3 is 9.84 Å². The Bertz CT molecular complexity index is 1560. The number of nitrogens with zero attached hydrogens (tertiary/aromatic N) is 5. The first-order valence-electron chi connectivity index (χ1n) is 9.72. The van der Waals surface area contributed by atoms with Crippen LogP contribution in [0.5, 0.6) is 0 Å². The monoisotopic (exact) mass is 448 g/mol. The van der Waals surface area contributed by atoms with Gasteiger partial charge >= 0.3 is 5.69 Å². The first-order chi connectivity index (χ1) is 16.0. The topological polar surface area (TPSA) is 107 Å². The van der Waals surface area contributed by atoms with Gasteiger partial charge in [0.2, 0.25) is 11.7 Å². The van der Waals surface area contributed by atoms with Crippen LogP contribution in [0.2, 0.25) is 0 Å². The van der Waals surface area contributed by atoms with Crippen molar-refractivity contribution in [2.75, 3.05) is 5.32 Å². The van der Waals surface area contributed by atoms with Gasteiger partial charge in [-0.25, -0.2) is 22.7 Å². The Hall–Kier alpha value is -4.67. The lowest BCUT2D eigenvalue weighted by atomic mass is 10.2. The van der Waals surface area contributed by atoms with Crippen LogP contribution < -0.4 is 11.0 Å². The first kappa shape index (κ1) is 20.2. The van der Waals surface area contributed by atoms with Crippen LogP contribution in [0, 0.1) is 11.6 Å². The second-order valence-corrected chi connectivity index (χ2v) is 7.02. The molecule has 0 atom stereocenters. The molecule has 33 heavy (non-hydrogen) atoms. The summed E-state index contributed by atoms with van der Waals surface area (Å²) in [4.78, 5) is 29.4. The molecule has 0 aliphatic carbocycles. The Morgan fingerprint density at radius 1 is 1.06 bits per heavy atom. The van der Waals surface area contributed by atoms with Gasteiger partial charge in [-0.2, -0.15) is 4.98 Å². The quantitative estimate of drug-likeness (QED) is 0.443. The maximum atomic E-state index is 13.8. The van der Waals surface area contributed by atoms with E-state index in [0.717, 1.165) is 4.68 Å². The number of benzene rings is 2. The third-order valence-corrected chi connectivity index (χ3v) is 4.79. The molecular weight excluding hydrogens is 434 g/mol. The Morgan fingerprint density at radius 3 is 2.73 bits per heavy atom. The number of carbonyl (C=O) groups is 1. The highest BCUT2D eigenvalue weighted by Gasteiger charge is 2.19. The average molecular weight is 448 g/mol. The van der Waals surface area contributed by atoms with Gasteiger partial charge in [0.25, 0.3) is 5.89 Å². The average Bonchev–Trinajstić information content (AvgIpc) is 3.41. The van der Waals surface area contributed by atoms with Gasteiger partial charge in [-0.1, -0.05) is 29.4 Å². The molecule has 9 nitrogen and oxygen atoms in total. The number of hydrogen-bond donors (Lipinski definition) is 1. The van der Waals surface area contributed by atoms with Crippen LogP contribution in [-0.4, -0.2) is 30.2 Å². The summed E-state index contributed by atoms with van der Waals surface area (Å²) < 4.78 is 34.8. The number of amides is 1. The molecule has 0 saturated heterocycles. The largest absolute Gasteiger partial charge is 0.350 e. The molecule has 0 saturated carbocycles. The zero-order valence-electron chi connectivity index (χ0n) is 16.8. The molecule has 11 heteroatoms. The number of nitrogens with one attached hydrogen (secondary N) is 1. The third-order valence-electron chi connectivity index (χ3n) is 4.79. The molecular formula is C22H14F2N6O3. The molecule has 5 aromatic rings. The molecule has 1 amide bonds. The highest BCUT2D eigenvalue weighted by Crippen LogP contribution is 2.24. The molecule has 1 N–H and O–H groups in total. The Balaban J connectivity index is 1.46. The fourth-order valence-corrected chi connectivity index (χ4v) is 3.27. The maximum absolute atomic E-state index is 13.8. The zero-order valence-corrected chi connectivity index (χ0v) is 16.8. The molecule has 0 spiro atoms. The van der Waals surface area contributed by atoms with E-state index in [4.69, 9.17) is 4.52 Å². The van der Waals surface area contributed by atoms with Crippen LogP contribution in [0.4, 0.5) is 14.5 Å². The van der Waals surface area contributed by atoms with Crippen LogP contribution in [0.3, 0.4) is 0 Å². The Kier molecular flexibility index (Phi) is 4.98. The number of pyridine rings is 1. The molecule has 3 heterocycles. The number of anilines is 1. The van der Waals surface area contributed by atoms with Gasteiger partial charge in [-0.3, -0.25) is 4.79 Å². The summed E-state index contributed by atoms with van der Waals surface area (Å²) in [5.41, 5.74) is 0.356. The first-order valence-corrected chi connectivity index (χ1v) is 9.72. The second kappa shape index (κ2) is 8.11. The number of fused-ring (bicyclic) bond motifs is 1. The van der Waals surface area contributed by atoms with Crippen LogP contribution in [0.25, 0.3) is 28.5 Å². The van der Waals surface area contributed by atoms with E-state index in [1.165, 1.54) is 47.0 Å². The summed E-state index contributed by atoms with van der Waals surface area (Å²) in [6.45, 7) is -0.438. The molecule has 0 aliphatic rings. The molecule has 2 aromatic carbocycles. The Morgan fingerprint density at radius 2 is 1.91 bits per heavy atom. The standard InChI is InChI=1S/C22H14F2N6O3/c23-14-6-3-5-13(11-14)19-26-21(33-28-19)15-7-4-10-29-20(15)27-30(22(29)32)12-18(31)25-17-9-2-1-8-16(17)24/h1-11H,12H2,(H,25,31). The summed E-state index contributed by atoms with van der Waals surface area (Å²) in [6, 6.07) is 14.6. The van der Waals surface area contributed by atoms with E-state index in [2.05, 4.69) is 20.6 Å². The normalized spacial score (nSPS) is 11.1. The van der Waals surface area contributed by atoms with Crippen LogP contribution in [-0.2, 0) is 11.3 Å². The number of rotatable bonds is 5. The minimum atomic E-state index is -0.627. The summed E-state index contributed by atoms with van der Waals surface area (Å²) in [7, 11) is 0. The number of aromatic nitrogens is 5. The highest BCUT2D eigenvalue weighted by atomic mass is 19.1. The van der Waals surface area contributed by atoms with E-state index < -0.39 is 29.8 Å². The van der Waals surface area contributed by atoms with Crippen LogP contribution in [0.1, 0.15) is 0 Å². The van der Waals surface area contributed by atoms with Crippen LogP contribution in [0.15, 0.2) is 76.2 Å². The van der Waals surface area contributed by atoms with Gasteiger partial charge in [0, 0.05) is 11.8 Å². The van der Waals surface area contributed by atoms with Gasteiger partial charge in [-0.15, -0.1) is 5.10 Å². The predicted molar refractivity (Wildman–Crippen MR) is 113 cm³/mol. The van der Waals surface area contributed by atoms with Crippen molar-refractivity contribution in [1.29, 1.82) is 0 Å². The Labute approximate surface area is 183 Å². The highest BCUT2D eigenvalue weighted by molar-refractivity contribution is 5.90. The van der Waals surface area contributed by atoms with E-state index in [1.807, 2.05) is 0 Å². The molecule has 5 rings (SSSR count). The lowest BCUT2D eigenvalue weighted by molar-refractivity contribution is -0.117. The van der Waals surface area contributed by atoms with E-state index >= 15 is 0 Å². The minimum Gasteiger partial charge on any atom is -0.333 e. The third kappa shape index (κ3) is 3.87. The van der Waals surface area contributed by atoms with Gasteiger partial charge in [0.05, 0.1) is 11.3 Å². The summed E-state index contributed by atoms with van der Waals surface area (Å²) in [5.74, 6) is -1.44. The predicted octanol–water partition coefficient (Wildman–Crippen LogP) is 3.13. The number of hydrogen-bond acceptors (Lipinski definition) is 6. The molecule has 0 aliphatic heterocycles. The molecule has 0 bridgehead atoms. The maximum Gasteiger partial charge on any atom is 0.350 e. The van der Waals surface area contributed by atoms with Crippen molar-refractivity contribution in [2.24, 2.45) is 0 Å². The van der Waals surface area contributed by atoms with Crippen molar-refractivity contribution in [3.05, 3.63) is 89.0 Å². The van der Waals surface area contributed by atoms with E-state index in [9.17, 15) is 18.4 Å². The van der Waals surface area contributed by atoms with Crippen molar-refractivity contribution in [1.82, 2.24) is 24.3 Å². The van der Waals surface area contributed by atoms with Crippen LogP contribution >= 0.6 is 0 Å². The summed E-state index contributed by atoms with van der Waals surface area (Å²) in [6.07, 6.45) is 1.48.